The fraction of sp³-hybridized carbons (Fsp3) is 0.562. The Morgan fingerprint density at radius 2 is 2.00 bits per heavy atom. The normalized spacial score (nSPS) is 16.9. The number of esters is 1. The van der Waals surface area contributed by atoms with Crippen LogP contribution < -0.4 is 4.74 Å². The summed E-state index contributed by atoms with van der Waals surface area (Å²) in [5.41, 5.74) is 0.721. The predicted molar refractivity (Wildman–Crippen MR) is 82.6 cm³/mol. The highest BCUT2D eigenvalue weighted by molar-refractivity contribution is 9.09. The van der Waals surface area contributed by atoms with Gasteiger partial charge < -0.3 is 9.47 Å². The number of halogens is 1. The molecule has 1 fully saturated rings. The summed E-state index contributed by atoms with van der Waals surface area (Å²) in [4.78, 5) is 11.9. The molecule has 1 aromatic rings. The Morgan fingerprint density at radius 3 is 2.65 bits per heavy atom. The van der Waals surface area contributed by atoms with E-state index in [4.69, 9.17) is 9.47 Å². The third-order valence-corrected chi connectivity index (χ3v) is 5.05. The number of benzene rings is 1. The zero-order chi connectivity index (χ0) is 14.4. The molecule has 1 aliphatic rings. The van der Waals surface area contributed by atoms with Crippen LogP contribution in [0.1, 0.15) is 43.0 Å². The number of ether oxygens (including phenoxy) is 2. The van der Waals surface area contributed by atoms with Gasteiger partial charge in [-0.3, -0.25) is 0 Å². The average molecular weight is 341 g/mol. The lowest BCUT2D eigenvalue weighted by Gasteiger charge is -2.26. The van der Waals surface area contributed by atoms with Crippen molar-refractivity contribution in [1.29, 1.82) is 0 Å². The second-order valence-electron chi connectivity index (χ2n) is 5.35. The van der Waals surface area contributed by atoms with E-state index in [1.165, 1.54) is 25.7 Å². The summed E-state index contributed by atoms with van der Waals surface area (Å²) in [5, 5.41) is 0.946. The van der Waals surface area contributed by atoms with Crippen molar-refractivity contribution < 1.29 is 14.3 Å². The maximum atomic E-state index is 11.9. The van der Waals surface area contributed by atoms with E-state index in [1.807, 2.05) is 18.2 Å². The molecule has 0 heterocycles. The molecule has 20 heavy (non-hydrogen) atoms. The van der Waals surface area contributed by atoms with Crippen LogP contribution in [0.4, 0.5) is 0 Å². The molecule has 4 heteroatoms. The van der Waals surface area contributed by atoms with Gasteiger partial charge in [0.05, 0.1) is 13.2 Å². The second-order valence-corrected chi connectivity index (χ2v) is 5.91. The minimum Gasteiger partial charge on any atom is -0.492 e. The topological polar surface area (TPSA) is 35.5 Å². The van der Waals surface area contributed by atoms with Crippen LogP contribution in [-0.2, 0) is 4.74 Å². The van der Waals surface area contributed by atoms with Crippen LogP contribution >= 0.6 is 15.9 Å². The zero-order valence-electron chi connectivity index (χ0n) is 11.9. The lowest BCUT2D eigenvalue weighted by molar-refractivity contribution is 0.0519. The van der Waals surface area contributed by atoms with E-state index < -0.39 is 0 Å². The fourth-order valence-electron chi connectivity index (χ4n) is 2.64. The molecule has 0 aliphatic heterocycles. The van der Waals surface area contributed by atoms with Crippen molar-refractivity contribution in [1.82, 2.24) is 0 Å². The molecule has 0 aromatic heterocycles. The average Bonchev–Trinajstić information content (AvgIpc) is 2.95. The number of alkyl halides is 1. The lowest BCUT2D eigenvalue weighted by Crippen LogP contribution is -2.27. The predicted octanol–water partition coefficient (Wildman–Crippen LogP) is 4.20. The molecule has 0 unspecified atom stereocenters. The van der Waals surface area contributed by atoms with Crippen molar-refractivity contribution in [2.75, 3.05) is 18.5 Å². The Morgan fingerprint density at radius 1 is 1.30 bits per heavy atom. The highest BCUT2D eigenvalue weighted by Crippen LogP contribution is 2.40. The Kier molecular flexibility index (Phi) is 5.46. The number of carbonyl (C=O) groups is 1. The monoisotopic (exact) mass is 340 g/mol. The maximum absolute atomic E-state index is 11.9. The van der Waals surface area contributed by atoms with Crippen molar-refractivity contribution in [3.63, 3.8) is 0 Å². The quantitative estimate of drug-likeness (QED) is 0.575. The van der Waals surface area contributed by atoms with Gasteiger partial charge in [-0.1, -0.05) is 40.9 Å². The van der Waals surface area contributed by atoms with E-state index >= 15 is 0 Å². The van der Waals surface area contributed by atoms with E-state index in [9.17, 15) is 4.79 Å². The van der Waals surface area contributed by atoms with E-state index in [0.29, 0.717) is 24.5 Å². The molecule has 0 N–H and O–H groups in total. The largest absolute Gasteiger partial charge is 0.492 e. The zero-order valence-corrected chi connectivity index (χ0v) is 13.4. The number of hydrogen-bond donors (Lipinski definition) is 0. The molecule has 0 saturated heterocycles. The van der Waals surface area contributed by atoms with E-state index in [0.717, 1.165) is 5.33 Å². The molecule has 0 radical (unpaired) electrons. The first kappa shape index (κ1) is 15.4. The van der Waals surface area contributed by atoms with Gasteiger partial charge in [-0.2, -0.15) is 0 Å². The molecular weight excluding hydrogens is 320 g/mol. The maximum Gasteiger partial charge on any atom is 0.341 e. The van der Waals surface area contributed by atoms with Crippen LogP contribution in [0.2, 0.25) is 0 Å². The fourth-order valence-corrected chi connectivity index (χ4v) is 3.36. The Labute approximate surface area is 128 Å². The summed E-state index contributed by atoms with van der Waals surface area (Å²) in [6, 6.07) is 7.30. The van der Waals surface area contributed by atoms with Crippen LogP contribution in [0.15, 0.2) is 24.3 Å². The molecule has 3 nitrogen and oxygen atoms in total. The Balaban J connectivity index is 2.07. The van der Waals surface area contributed by atoms with Gasteiger partial charge in [-0.05, 0) is 31.9 Å². The molecule has 1 aromatic carbocycles. The van der Waals surface area contributed by atoms with Crippen molar-refractivity contribution >= 4 is 21.9 Å². The van der Waals surface area contributed by atoms with Gasteiger partial charge in [0.15, 0.2) is 0 Å². The number of rotatable bonds is 6. The van der Waals surface area contributed by atoms with Crippen LogP contribution in [0.25, 0.3) is 0 Å². The Bertz CT molecular complexity index is 453. The van der Waals surface area contributed by atoms with E-state index in [2.05, 4.69) is 15.9 Å². The van der Waals surface area contributed by atoms with Crippen LogP contribution in [0.5, 0.6) is 5.75 Å². The van der Waals surface area contributed by atoms with Crippen molar-refractivity contribution in [3.05, 3.63) is 29.8 Å². The lowest BCUT2D eigenvalue weighted by atomic mass is 9.90. The molecule has 1 aliphatic carbocycles. The number of hydrogen-bond acceptors (Lipinski definition) is 3. The molecule has 0 bridgehead atoms. The minimum atomic E-state index is -0.317. The summed E-state index contributed by atoms with van der Waals surface area (Å²) < 4.78 is 11.0. The van der Waals surface area contributed by atoms with Gasteiger partial charge in [0.2, 0.25) is 0 Å². The van der Waals surface area contributed by atoms with Crippen molar-refractivity contribution in [3.8, 4) is 5.75 Å². The molecule has 110 valence electrons. The molecular formula is C16H21BrO3. The Hall–Kier alpha value is -1.03. The molecule has 0 amide bonds. The van der Waals surface area contributed by atoms with Gasteiger partial charge in [0, 0.05) is 10.7 Å². The molecule has 0 spiro atoms. The highest BCUT2D eigenvalue weighted by atomic mass is 79.9. The van der Waals surface area contributed by atoms with Gasteiger partial charge in [0.25, 0.3) is 0 Å². The van der Waals surface area contributed by atoms with Crippen LogP contribution in [0, 0.1) is 5.41 Å². The summed E-state index contributed by atoms with van der Waals surface area (Å²) >= 11 is 3.61. The summed E-state index contributed by atoms with van der Waals surface area (Å²) in [5.74, 6) is 0.306. The highest BCUT2D eigenvalue weighted by Gasteiger charge is 2.34. The molecule has 1 saturated carbocycles. The van der Waals surface area contributed by atoms with Crippen molar-refractivity contribution in [2.24, 2.45) is 5.41 Å². The first-order chi connectivity index (χ1) is 9.71. The van der Waals surface area contributed by atoms with Crippen LogP contribution in [-0.4, -0.2) is 24.5 Å². The summed E-state index contributed by atoms with van der Waals surface area (Å²) in [6.45, 7) is 2.83. The first-order valence-corrected chi connectivity index (χ1v) is 8.28. The van der Waals surface area contributed by atoms with Gasteiger partial charge in [-0.15, -0.1) is 0 Å². The van der Waals surface area contributed by atoms with E-state index in [-0.39, 0.29) is 11.4 Å². The minimum absolute atomic E-state index is 0.210. The van der Waals surface area contributed by atoms with Gasteiger partial charge >= 0.3 is 5.97 Å². The third-order valence-electron chi connectivity index (χ3n) is 3.86. The first-order valence-electron chi connectivity index (χ1n) is 7.16. The third kappa shape index (κ3) is 3.54. The summed E-state index contributed by atoms with van der Waals surface area (Å²) in [7, 11) is 0. The second kappa shape index (κ2) is 7.11. The summed E-state index contributed by atoms with van der Waals surface area (Å²) in [6.07, 6.45) is 4.88. The number of para-hydroxylation sites is 1. The molecule has 2 rings (SSSR count). The van der Waals surface area contributed by atoms with Gasteiger partial charge in [0.1, 0.15) is 11.3 Å². The van der Waals surface area contributed by atoms with Gasteiger partial charge in [-0.25, -0.2) is 4.79 Å². The smallest absolute Gasteiger partial charge is 0.341 e. The van der Waals surface area contributed by atoms with Crippen molar-refractivity contribution in [2.45, 2.75) is 32.6 Å². The van der Waals surface area contributed by atoms with E-state index in [1.54, 1.807) is 13.0 Å². The molecule has 0 atom stereocenters. The van der Waals surface area contributed by atoms with Crippen LogP contribution in [0.3, 0.4) is 0 Å². The standard InChI is InChI=1S/C16H21BrO3/c1-2-19-15(18)13-7-3-4-8-14(13)20-12-16(11-17)9-5-6-10-16/h3-4,7-8H,2,5-6,9-12H2,1H3. The SMILES string of the molecule is CCOC(=O)c1ccccc1OCC1(CBr)CCCC1. The number of carbonyl (C=O) groups excluding carboxylic acids is 1.